The van der Waals surface area contributed by atoms with Crippen LogP contribution in [0.2, 0.25) is 0 Å². The van der Waals surface area contributed by atoms with Gasteiger partial charge in [-0.1, -0.05) is 163 Å². The van der Waals surface area contributed by atoms with E-state index in [9.17, 15) is 0 Å². The van der Waals surface area contributed by atoms with Crippen LogP contribution in [0.3, 0.4) is 0 Å². The van der Waals surface area contributed by atoms with Crippen molar-refractivity contribution in [2.24, 2.45) is 0 Å². The second-order valence-corrected chi connectivity index (χ2v) is 11.8. The highest BCUT2D eigenvalue weighted by Crippen LogP contribution is 2.56. The Kier molecular flexibility index (Phi) is 10.7. The minimum absolute atomic E-state index is 0.336. The molecule has 0 aliphatic heterocycles. The quantitative estimate of drug-likeness (QED) is 0.187. The molecule has 1 aliphatic carbocycles. The first kappa shape index (κ1) is 32.2. The molecule has 0 spiro atoms. The van der Waals surface area contributed by atoms with Crippen molar-refractivity contribution in [1.82, 2.24) is 0 Å². The molecule has 0 aromatic heterocycles. The van der Waals surface area contributed by atoms with Gasteiger partial charge in [0.2, 0.25) is 0 Å². The highest BCUT2D eigenvalue weighted by atomic mass is 14.5. The topological polar surface area (TPSA) is 0 Å². The standard InChI is InChI=1S/C30H30.2C7H8/c1-7-24(18-22(5)20(2)3)30(25-17-16-21(4)23(6)19-25)28-14-10-8-12-26(28)27-13-9-11-15-29(27)30;2*1-7-5-3-2-4-6-7/h7-19H,2H2,1,3-6H3;2*2-6H,1H3/b22-18-,24-7+;;. The van der Waals surface area contributed by atoms with E-state index in [0.717, 1.165) is 5.57 Å². The van der Waals surface area contributed by atoms with E-state index < -0.39 is 0 Å². The van der Waals surface area contributed by atoms with Crippen molar-refractivity contribution in [1.29, 1.82) is 0 Å². The Morgan fingerprint density at radius 1 is 0.568 bits per heavy atom. The van der Waals surface area contributed by atoms with Gasteiger partial charge in [-0.2, -0.15) is 0 Å². The van der Waals surface area contributed by atoms with E-state index in [1.54, 1.807) is 0 Å². The van der Waals surface area contributed by atoms with Crippen molar-refractivity contribution in [2.75, 3.05) is 0 Å². The highest BCUT2D eigenvalue weighted by Gasteiger charge is 2.46. The summed E-state index contributed by atoms with van der Waals surface area (Å²) in [5, 5.41) is 0. The van der Waals surface area contributed by atoms with Crippen molar-refractivity contribution in [3.05, 3.63) is 202 Å². The fourth-order valence-corrected chi connectivity index (χ4v) is 5.83. The fourth-order valence-electron chi connectivity index (χ4n) is 5.83. The van der Waals surface area contributed by atoms with Gasteiger partial charge in [0.05, 0.1) is 5.41 Å². The van der Waals surface area contributed by atoms with E-state index in [1.807, 2.05) is 36.4 Å². The Balaban J connectivity index is 0.000000257. The molecule has 0 nitrogen and oxygen atoms in total. The molecule has 0 heteroatoms. The molecule has 0 amide bonds. The summed E-state index contributed by atoms with van der Waals surface area (Å²) in [5.41, 5.74) is 15.2. The van der Waals surface area contributed by atoms with E-state index >= 15 is 0 Å². The summed E-state index contributed by atoms with van der Waals surface area (Å²) < 4.78 is 0. The summed E-state index contributed by atoms with van der Waals surface area (Å²) in [6.07, 6.45) is 4.61. The average molecular weight is 575 g/mol. The largest absolute Gasteiger partial charge is 0.0958 e. The molecule has 222 valence electrons. The minimum atomic E-state index is -0.336. The molecule has 5 aromatic rings. The Morgan fingerprint density at radius 3 is 1.41 bits per heavy atom. The van der Waals surface area contributed by atoms with Gasteiger partial charge in [-0.3, -0.25) is 0 Å². The number of hydrogen-bond donors (Lipinski definition) is 0. The third-order valence-corrected chi connectivity index (χ3v) is 8.56. The number of allylic oxidation sites excluding steroid dienone is 5. The first-order valence-corrected chi connectivity index (χ1v) is 15.5. The van der Waals surface area contributed by atoms with Gasteiger partial charge >= 0.3 is 0 Å². The summed E-state index contributed by atoms with van der Waals surface area (Å²) in [6, 6.07) is 45.2. The third kappa shape index (κ3) is 6.92. The van der Waals surface area contributed by atoms with Gasteiger partial charge in [0, 0.05) is 0 Å². The maximum atomic E-state index is 4.18. The van der Waals surface area contributed by atoms with Gasteiger partial charge in [0.1, 0.15) is 0 Å². The molecule has 6 rings (SSSR count). The predicted molar refractivity (Wildman–Crippen MR) is 192 cm³/mol. The zero-order valence-electron chi connectivity index (χ0n) is 27.5. The van der Waals surface area contributed by atoms with Gasteiger partial charge in [0.25, 0.3) is 0 Å². The molecule has 0 bridgehead atoms. The Bertz CT molecular complexity index is 1680. The normalized spacial score (nSPS) is 13.0. The molecule has 0 radical (unpaired) electrons. The summed E-state index contributed by atoms with van der Waals surface area (Å²) in [5.74, 6) is 0. The Hall–Kier alpha value is -4.68. The van der Waals surface area contributed by atoms with E-state index in [1.165, 1.54) is 61.2 Å². The monoisotopic (exact) mass is 574 g/mol. The molecule has 5 aromatic carbocycles. The molecule has 0 saturated heterocycles. The van der Waals surface area contributed by atoms with E-state index in [2.05, 4.69) is 158 Å². The molecule has 0 unspecified atom stereocenters. The van der Waals surface area contributed by atoms with Crippen molar-refractivity contribution in [3.63, 3.8) is 0 Å². The molecule has 44 heavy (non-hydrogen) atoms. The fraction of sp³-hybridized carbons (Fsp3) is 0.182. The maximum absolute atomic E-state index is 4.18. The number of fused-ring (bicyclic) bond motifs is 3. The SMILES string of the molecule is C=C(C)/C(C)=C\C(=C/C)C1(c2ccc(C)c(C)c2)c2ccccc2-c2ccccc21.Cc1ccccc1.Cc1ccccc1. The zero-order chi connectivity index (χ0) is 31.7. The third-order valence-electron chi connectivity index (χ3n) is 8.56. The number of rotatable bonds is 4. The molecule has 0 N–H and O–H groups in total. The van der Waals surface area contributed by atoms with Crippen LogP contribution in [0.15, 0.2) is 163 Å². The number of benzene rings is 5. The van der Waals surface area contributed by atoms with Crippen LogP contribution in [-0.4, -0.2) is 0 Å². The molecule has 0 fully saturated rings. The van der Waals surface area contributed by atoms with Gasteiger partial charge in [-0.05, 0) is 98.6 Å². The molecule has 0 heterocycles. The summed E-state index contributed by atoms with van der Waals surface area (Å²) in [6.45, 7) is 19.1. The minimum Gasteiger partial charge on any atom is -0.0958 e. The van der Waals surface area contributed by atoms with Gasteiger partial charge in [-0.15, -0.1) is 0 Å². The summed E-state index contributed by atoms with van der Waals surface area (Å²) in [4.78, 5) is 0. The lowest BCUT2D eigenvalue weighted by atomic mass is 9.66. The molecular formula is C44H46. The van der Waals surface area contributed by atoms with Gasteiger partial charge in [0.15, 0.2) is 0 Å². The molecule has 0 saturated carbocycles. The second kappa shape index (κ2) is 14.7. The summed E-state index contributed by atoms with van der Waals surface area (Å²) >= 11 is 0. The first-order chi connectivity index (χ1) is 21.2. The van der Waals surface area contributed by atoms with E-state index in [-0.39, 0.29) is 5.41 Å². The van der Waals surface area contributed by atoms with Crippen molar-refractivity contribution in [2.45, 2.75) is 53.9 Å². The van der Waals surface area contributed by atoms with Crippen molar-refractivity contribution < 1.29 is 0 Å². The smallest absolute Gasteiger partial charge is 0.0710 e. The van der Waals surface area contributed by atoms with Crippen LogP contribution in [0, 0.1) is 27.7 Å². The van der Waals surface area contributed by atoms with E-state index in [4.69, 9.17) is 0 Å². The zero-order valence-corrected chi connectivity index (χ0v) is 27.5. The van der Waals surface area contributed by atoms with E-state index in [0.29, 0.717) is 0 Å². The summed E-state index contributed by atoms with van der Waals surface area (Å²) in [7, 11) is 0. The van der Waals surface area contributed by atoms with Crippen LogP contribution >= 0.6 is 0 Å². The molecule has 0 atom stereocenters. The number of aryl methyl sites for hydroxylation is 4. The lowest BCUT2D eigenvalue weighted by molar-refractivity contribution is 0.762. The van der Waals surface area contributed by atoms with Crippen LogP contribution in [0.5, 0.6) is 0 Å². The van der Waals surface area contributed by atoms with Crippen LogP contribution < -0.4 is 0 Å². The first-order valence-electron chi connectivity index (χ1n) is 15.5. The van der Waals surface area contributed by atoms with Gasteiger partial charge < -0.3 is 0 Å². The number of hydrogen-bond acceptors (Lipinski definition) is 0. The van der Waals surface area contributed by atoms with Crippen molar-refractivity contribution >= 4 is 0 Å². The Morgan fingerprint density at radius 2 is 1.02 bits per heavy atom. The second-order valence-electron chi connectivity index (χ2n) is 11.8. The average Bonchev–Trinajstić information content (AvgIpc) is 3.33. The molecular weight excluding hydrogens is 528 g/mol. The Labute approximate surface area is 266 Å². The van der Waals surface area contributed by atoms with Crippen LogP contribution in [0.25, 0.3) is 11.1 Å². The lowest BCUT2D eigenvalue weighted by Crippen LogP contribution is -2.29. The van der Waals surface area contributed by atoms with Crippen LogP contribution in [0.4, 0.5) is 0 Å². The predicted octanol–water partition coefficient (Wildman–Crippen LogP) is 12.1. The molecule has 1 aliphatic rings. The lowest BCUT2D eigenvalue weighted by Gasteiger charge is -2.35. The van der Waals surface area contributed by atoms with Crippen LogP contribution in [-0.2, 0) is 5.41 Å². The highest BCUT2D eigenvalue weighted by molar-refractivity contribution is 5.86. The van der Waals surface area contributed by atoms with Crippen molar-refractivity contribution in [3.8, 4) is 11.1 Å². The maximum Gasteiger partial charge on any atom is 0.0710 e. The van der Waals surface area contributed by atoms with Crippen LogP contribution in [0.1, 0.15) is 59.7 Å². The van der Waals surface area contributed by atoms with Gasteiger partial charge in [-0.25, -0.2) is 0 Å².